The predicted molar refractivity (Wildman–Crippen MR) is 87.8 cm³/mol. The van der Waals surface area contributed by atoms with Gasteiger partial charge >= 0.3 is 0 Å². The zero-order valence-electron chi connectivity index (χ0n) is 13.4. The number of rotatable bonds is 5. The van der Waals surface area contributed by atoms with E-state index in [1.54, 1.807) is 0 Å². The number of aromatic nitrogens is 3. The monoisotopic (exact) mass is 285 g/mol. The highest BCUT2D eigenvalue weighted by Crippen LogP contribution is 2.24. The van der Waals surface area contributed by atoms with Gasteiger partial charge in [0.15, 0.2) is 5.82 Å². The minimum atomic E-state index is 0.600. The molecule has 0 aliphatic heterocycles. The molecule has 0 amide bonds. The second kappa shape index (κ2) is 6.52. The van der Waals surface area contributed by atoms with E-state index in [-0.39, 0.29) is 0 Å². The van der Waals surface area contributed by atoms with Gasteiger partial charge in [0, 0.05) is 25.7 Å². The first-order valence-corrected chi connectivity index (χ1v) is 7.36. The van der Waals surface area contributed by atoms with Crippen molar-refractivity contribution in [1.82, 2.24) is 15.0 Å². The smallest absolute Gasteiger partial charge is 0.230 e. The number of hydrogen-bond donors (Lipinski definition) is 1. The average Bonchev–Trinajstić information content (AvgIpc) is 2.51. The highest BCUT2D eigenvalue weighted by atomic mass is 15.3. The molecule has 21 heavy (non-hydrogen) atoms. The van der Waals surface area contributed by atoms with Crippen LogP contribution < -0.4 is 10.2 Å². The summed E-state index contributed by atoms with van der Waals surface area (Å²) < 4.78 is 0. The van der Waals surface area contributed by atoms with Gasteiger partial charge in [-0.3, -0.25) is 0 Å². The molecule has 5 nitrogen and oxygen atoms in total. The van der Waals surface area contributed by atoms with Crippen LogP contribution in [0.5, 0.6) is 0 Å². The van der Waals surface area contributed by atoms with E-state index in [1.807, 2.05) is 13.1 Å². The molecule has 5 heteroatoms. The first-order chi connectivity index (χ1) is 10.1. The highest BCUT2D eigenvalue weighted by molar-refractivity contribution is 5.63. The van der Waals surface area contributed by atoms with Gasteiger partial charge in [0.05, 0.1) is 0 Å². The van der Waals surface area contributed by atoms with Crippen LogP contribution in [0.25, 0.3) is 11.4 Å². The van der Waals surface area contributed by atoms with Crippen LogP contribution in [0.3, 0.4) is 0 Å². The molecule has 112 valence electrons. The fourth-order valence-corrected chi connectivity index (χ4v) is 2.24. The number of benzene rings is 1. The fourth-order valence-electron chi connectivity index (χ4n) is 2.24. The van der Waals surface area contributed by atoms with Gasteiger partial charge in [0.1, 0.15) is 0 Å². The van der Waals surface area contributed by atoms with E-state index in [0.717, 1.165) is 30.4 Å². The Kier molecular flexibility index (Phi) is 4.73. The van der Waals surface area contributed by atoms with Gasteiger partial charge in [-0.05, 0) is 38.8 Å². The summed E-state index contributed by atoms with van der Waals surface area (Å²) in [7, 11) is 1.83. The third kappa shape index (κ3) is 3.12. The quantitative estimate of drug-likeness (QED) is 0.915. The van der Waals surface area contributed by atoms with Gasteiger partial charge in [-0.2, -0.15) is 15.0 Å². The van der Waals surface area contributed by atoms with Gasteiger partial charge < -0.3 is 10.2 Å². The summed E-state index contributed by atoms with van der Waals surface area (Å²) in [6.45, 7) is 10.1. The normalized spacial score (nSPS) is 10.5. The van der Waals surface area contributed by atoms with Crippen LogP contribution in [0, 0.1) is 13.8 Å². The van der Waals surface area contributed by atoms with Crippen LogP contribution in [0.1, 0.15) is 25.0 Å². The van der Waals surface area contributed by atoms with Crippen LogP contribution in [-0.2, 0) is 0 Å². The third-order valence-electron chi connectivity index (χ3n) is 3.74. The maximum atomic E-state index is 4.66. The molecule has 1 aromatic carbocycles. The third-order valence-corrected chi connectivity index (χ3v) is 3.74. The molecular formula is C16H23N5. The second-order valence-corrected chi connectivity index (χ2v) is 4.95. The maximum absolute atomic E-state index is 4.66. The predicted octanol–water partition coefficient (Wildman–Crippen LogP) is 3.04. The lowest BCUT2D eigenvalue weighted by Gasteiger charge is -2.19. The fraction of sp³-hybridized carbons (Fsp3) is 0.438. The van der Waals surface area contributed by atoms with Crippen molar-refractivity contribution in [2.45, 2.75) is 27.7 Å². The van der Waals surface area contributed by atoms with E-state index in [2.05, 4.69) is 65.0 Å². The van der Waals surface area contributed by atoms with E-state index in [4.69, 9.17) is 0 Å². The first kappa shape index (κ1) is 15.2. The van der Waals surface area contributed by atoms with Gasteiger partial charge in [-0.15, -0.1) is 0 Å². The number of hydrogen-bond acceptors (Lipinski definition) is 5. The van der Waals surface area contributed by atoms with E-state index >= 15 is 0 Å². The SMILES string of the molecule is CCN(CC)c1nc(NC)nc(-c2cccc(C)c2C)n1. The lowest BCUT2D eigenvalue weighted by atomic mass is 10.0. The van der Waals surface area contributed by atoms with Crippen molar-refractivity contribution in [2.24, 2.45) is 0 Å². The van der Waals surface area contributed by atoms with Crippen molar-refractivity contribution in [2.75, 3.05) is 30.4 Å². The van der Waals surface area contributed by atoms with Crippen molar-refractivity contribution in [3.05, 3.63) is 29.3 Å². The molecule has 1 N–H and O–H groups in total. The topological polar surface area (TPSA) is 53.9 Å². The molecule has 0 aliphatic rings. The first-order valence-electron chi connectivity index (χ1n) is 7.36. The lowest BCUT2D eigenvalue weighted by molar-refractivity contribution is 0.815. The Bertz CT molecular complexity index is 620. The van der Waals surface area contributed by atoms with Crippen molar-refractivity contribution in [3.63, 3.8) is 0 Å². The minimum Gasteiger partial charge on any atom is -0.357 e. The zero-order chi connectivity index (χ0) is 15.4. The molecule has 0 fully saturated rings. The number of nitrogens with zero attached hydrogens (tertiary/aromatic N) is 4. The van der Waals surface area contributed by atoms with Crippen LogP contribution >= 0.6 is 0 Å². The number of anilines is 2. The van der Waals surface area contributed by atoms with Crippen molar-refractivity contribution in [3.8, 4) is 11.4 Å². The summed E-state index contributed by atoms with van der Waals surface area (Å²) in [5.74, 6) is 2.04. The standard InChI is InChI=1S/C16H23N5/c1-6-21(7-2)16-19-14(18-15(17-5)20-16)13-10-8-9-11(3)12(13)4/h8-10H,6-7H2,1-5H3,(H,17,18,19,20). The largest absolute Gasteiger partial charge is 0.357 e. The molecule has 0 unspecified atom stereocenters. The Balaban J connectivity index is 2.58. The number of nitrogens with one attached hydrogen (secondary N) is 1. The van der Waals surface area contributed by atoms with Crippen molar-refractivity contribution in [1.29, 1.82) is 0 Å². The van der Waals surface area contributed by atoms with Crippen LogP contribution in [0.15, 0.2) is 18.2 Å². The summed E-state index contributed by atoms with van der Waals surface area (Å²) >= 11 is 0. The van der Waals surface area contributed by atoms with Crippen LogP contribution in [0.2, 0.25) is 0 Å². The molecule has 0 atom stereocenters. The highest BCUT2D eigenvalue weighted by Gasteiger charge is 2.13. The zero-order valence-corrected chi connectivity index (χ0v) is 13.4. The van der Waals surface area contributed by atoms with Crippen molar-refractivity contribution >= 4 is 11.9 Å². The Morgan fingerprint density at radius 1 is 1.05 bits per heavy atom. The Labute approximate surface area is 126 Å². The molecular weight excluding hydrogens is 262 g/mol. The molecule has 1 aromatic heterocycles. The van der Waals surface area contributed by atoms with Crippen LogP contribution in [-0.4, -0.2) is 35.1 Å². The van der Waals surface area contributed by atoms with Gasteiger partial charge in [-0.25, -0.2) is 0 Å². The van der Waals surface area contributed by atoms with Crippen molar-refractivity contribution < 1.29 is 0 Å². The molecule has 0 spiro atoms. The summed E-state index contributed by atoms with van der Waals surface area (Å²) in [5, 5.41) is 3.03. The Morgan fingerprint density at radius 2 is 1.76 bits per heavy atom. The second-order valence-electron chi connectivity index (χ2n) is 4.95. The van der Waals surface area contributed by atoms with E-state index in [1.165, 1.54) is 11.1 Å². The molecule has 0 bridgehead atoms. The van der Waals surface area contributed by atoms with Gasteiger partial charge in [0.25, 0.3) is 0 Å². The summed E-state index contributed by atoms with van der Waals surface area (Å²) in [4.78, 5) is 15.8. The van der Waals surface area contributed by atoms with Gasteiger partial charge in [0.2, 0.25) is 11.9 Å². The minimum absolute atomic E-state index is 0.600. The summed E-state index contributed by atoms with van der Waals surface area (Å²) in [5.41, 5.74) is 3.50. The van der Waals surface area contributed by atoms with Crippen LogP contribution in [0.4, 0.5) is 11.9 Å². The molecule has 0 saturated carbocycles. The molecule has 1 heterocycles. The summed E-state index contributed by atoms with van der Waals surface area (Å²) in [6, 6.07) is 6.20. The Hall–Kier alpha value is -2.17. The van der Waals surface area contributed by atoms with E-state index in [0.29, 0.717) is 5.95 Å². The van der Waals surface area contributed by atoms with E-state index in [9.17, 15) is 0 Å². The average molecular weight is 285 g/mol. The van der Waals surface area contributed by atoms with Gasteiger partial charge in [-0.1, -0.05) is 18.2 Å². The lowest BCUT2D eigenvalue weighted by Crippen LogP contribution is -2.25. The van der Waals surface area contributed by atoms with E-state index < -0.39 is 0 Å². The molecule has 2 aromatic rings. The molecule has 0 saturated heterocycles. The maximum Gasteiger partial charge on any atom is 0.230 e. The molecule has 2 rings (SSSR count). The molecule has 0 radical (unpaired) electrons. The molecule has 0 aliphatic carbocycles. The Morgan fingerprint density at radius 3 is 2.38 bits per heavy atom. The summed E-state index contributed by atoms with van der Waals surface area (Å²) in [6.07, 6.45) is 0. The number of aryl methyl sites for hydroxylation is 1.